The average Bonchev–Trinajstić information content (AvgIpc) is 2.45. The highest BCUT2D eigenvalue weighted by molar-refractivity contribution is 5.42. The fraction of sp³-hybridized carbons (Fsp3) is 0.600. The second-order valence-electron chi connectivity index (χ2n) is 4.81. The lowest BCUT2D eigenvalue weighted by molar-refractivity contribution is 0.0357. The minimum absolute atomic E-state index is 0.719. The van der Waals surface area contributed by atoms with Crippen LogP contribution in [0.15, 0.2) is 18.2 Å². The van der Waals surface area contributed by atoms with Gasteiger partial charge in [0.2, 0.25) is 0 Å². The Bertz CT molecular complexity index is 389. The average molecular weight is 265 g/mol. The fourth-order valence-corrected chi connectivity index (χ4v) is 2.19. The lowest BCUT2D eigenvalue weighted by Crippen LogP contribution is -2.37. The Morgan fingerprint density at radius 1 is 1.21 bits per heavy atom. The summed E-state index contributed by atoms with van der Waals surface area (Å²) in [5, 5.41) is 0. The lowest BCUT2D eigenvalue weighted by Gasteiger charge is -2.26. The highest BCUT2D eigenvalue weighted by Crippen LogP contribution is 2.27. The number of benzene rings is 1. The number of hydrogen-bond acceptors (Lipinski definition) is 4. The van der Waals surface area contributed by atoms with Gasteiger partial charge in [-0.3, -0.25) is 4.90 Å². The van der Waals surface area contributed by atoms with Gasteiger partial charge in [-0.2, -0.15) is 0 Å². The molecule has 1 saturated heterocycles. The van der Waals surface area contributed by atoms with Crippen LogP contribution in [0, 0.1) is 6.92 Å². The van der Waals surface area contributed by atoms with Gasteiger partial charge in [-0.05, 0) is 31.0 Å². The van der Waals surface area contributed by atoms with E-state index in [1.807, 2.05) is 18.2 Å². The molecule has 4 heteroatoms. The highest BCUT2D eigenvalue weighted by atomic mass is 16.5. The van der Waals surface area contributed by atoms with E-state index in [2.05, 4.69) is 11.8 Å². The number of rotatable bonds is 6. The van der Waals surface area contributed by atoms with E-state index in [0.29, 0.717) is 0 Å². The Balaban J connectivity index is 1.74. The number of ether oxygens (including phenoxy) is 3. The number of aryl methyl sites for hydroxylation is 1. The van der Waals surface area contributed by atoms with Crippen molar-refractivity contribution in [1.82, 2.24) is 4.90 Å². The van der Waals surface area contributed by atoms with Crippen molar-refractivity contribution in [1.29, 1.82) is 0 Å². The molecule has 0 radical (unpaired) electrons. The quantitative estimate of drug-likeness (QED) is 0.737. The molecule has 0 unspecified atom stereocenters. The van der Waals surface area contributed by atoms with Gasteiger partial charge in [0, 0.05) is 19.6 Å². The predicted molar refractivity (Wildman–Crippen MR) is 75.1 cm³/mol. The maximum Gasteiger partial charge on any atom is 0.161 e. The van der Waals surface area contributed by atoms with Gasteiger partial charge in [0.15, 0.2) is 11.5 Å². The van der Waals surface area contributed by atoms with Crippen molar-refractivity contribution in [3.05, 3.63) is 23.8 Å². The molecule has 0 amide bonds. The van der Waals surface area contributed by atoms with Crippen LogP contribution in [-0.2, 0) is 4.74 Å². The maximum atomic E-state index is 5.82. The summed E-state index contributed by atoms with van der Waals surface area (Å²) in [6.07, 6.45) is 1.02. The van der Waals surface area contributed by atoms with Crippen LogP contribution in [0.1, 0.15) is 12.0 Å². The summed E-state index contributed by atoms with van der Waals surface area (Å²) in [6, 6.07) is 6.00. The second kappa shape index (κ2) is 7.36. The van der Waals surface area contributed by atoms with Crippen LogP contribution in [-0.4, -0.2) is 51.5 Å². The Hall–Kier alpha value is -1.26. The van der Waals surface area contributed by atoms with E-state index in [1.54, 1.807) is 7.11 Å². The molecule has 0 aliphatic carbocycles. The molecular weight excluding hydrogens is 242 g/mol. The third-order valence-electron chi connectivity index (χ3n) is 3.30. The zero-order chi connectivity index (χ0) is 13.5. The van der Waals surface area contributed by atoms with Crippen LogP contribution < -0.4 is 9.47 Å². The molecule has 0 aromatic heterocycles. The van der Waals surface area contributed by atoms with Crippen LogP contribution in [0.25, 0.3) is 0 Å². The summed E-state index contributed by atoms with van der Waals surface area (Å²) in [4.78, 5) is 2.42. The first-order valence-corrected chi connectivity index (χ1v) is 6.87. The molecule has 1 aromatic rings. The van der Waals surface area contributed by atoms with Crippen molar-refractivity contribution in [2.45, 2.75) is 13.3 Å². The summed E-state index contributed by atoms with van der Waals surface area (Å²) in [6.45, 7) is 7.62. The zero-order valence-corrected chi connectivity index (χ0v) is 11.9. The number of hydrogen-bond donors (Lipinski definition) is 0. The van der Waals surface area contributed by atoms with Gasteiger partial charge in [0.05, 0.1) is 26.9 Å². The Labute approximate surface area is 115 Å². The third kappa shape index (κ3) is 4.40. The Morgan fingerprint density at radius 2 is 2.00 bits per heavy atom. The molecule has 19 heavy (non-hydrogen) atoms. The molecule has 1 fully saturated rings. The summed E-state index contributed by atoms with van der Waals surface area (Å²) in [5.41, 5.74) is 1.18. The Kier molecular flexibility index (Phi) is 5.48. The van der Waals surface area contributed by atoms with E-state index in [0.717, 1.165) is 57.4 Å². The number of methoxy groups -OCH3 is 1. The predicted octanol–water partition coefficient (Wildman–Crippen LogP) is 2.10. The molecule has 1 aliphatic rings. The third-order valence-corrected chi connectivity index (χ3v) is 3.30. The van der Waals surface area contributed by atoms with Crippen LogP contribution >= 0.6 is 0 Å². The second-order valence-corrected chi connectivity index (χ2v) is 4.81. The molecule has 0 bridgehead atoms. The fourth-order valence-electron chi connectivity index (χ4n) is 2.19. The molecule has 0 atom stereocenters. The van der Waals surface area contributed by atoms with E-state index in [1.165, 1.54) is 5.56 Å². The van der Waals surface area contributed by atoms with Gasteiger partial charge >= 0.3 is 0 Å². The minimum atomic E-state index is 0.719. The normalized spacial score (nSPS) is 16.3. The van der Waals surface area contributed by atoms with Crippen molar-refractivity contribution in [3.8, 4) is 11.5 Å². The smallest absolute Gasteiger partial charge is 0.161 e. The van der Waals surface area contributed by atoms with Gasteiger partial charge in [-0.15, -0.1) is 0 Å². The highest BCUT2D eigenvalue weighted by Gasteiger charge is 2.10. The van der Waals surface area contributed by atoms with Gasteiger partial charge in [-0.1, -0.05) is 6.07 Å². The largest absolute Gasteiger partial charge is 0.493 e. The topological polar surface area (TPSA) is 30.9 Å². The minimum Gasteiger partial charge on any atom is -0.493 e. The molecule has 1 aromatic carbocycles. The molecule has 1 aliphatic heterocycles. The van der Waals surface area contributed by atoms with Crippen LogP contribution in [0.4, 0.5) is 0 Å². The van der Waals surface area contributed by atoms with Crippen molar-refractivity contribution >= 4 is 0 Å². The van der Waals surface area contributed by atoms with E-state index in [-0.39, 0.29) is 0 Å². The van der Waals surface area contributed by atoms with E-state index < -0.39 is 0 Å². The lowest BCUT2D eigenvalue weighted by atomic mass is 10.2. The van der Waals surface area contributed by atoms with E-state index >= 15 is 0 Å². The standard InChI is InChI=1S/C15H23NO3/c1-13-4-5-14(17-2)15(12-13)19-9-3-6-16-7-10-18-11-8-16/h4-5,12H,3,6-11H2,1-2H3. The van der Waals surface area contributed by atoms with Crippen LogP contribution in [0.3, 0.4) is 0 Å². The molecule has 2 rings (SSSR count). The molecule has 0 N–H and O–H groups in total. The first-order chi connectivity index (χ1) is 9.29. The first-order valence-electron chi connectivity index (χ1n) is 6.87. The zero-order valence-electron chi connectivity index (χ0n) is 11.9. The molecule has 106 valence electrons. The maximum absolute atomic E-state index is 5.82. The Morgan fingerprint density at radius 3 is 2.74 bits per heavy atom. The van der Waals surface area contributed by atoms with Crippen molar-refractivity contribution in [2.24, 2.45) is 0 Å². The summed E-state index contributed by atoms with van der Waals surface area (Å²) in [5.74, 6) is 1.64. The van der Waals surface area contributed by atoms with Crippen molar-refractivity contribution in [2.75, 3.05) is 46.6 Å². The van der Waals surface area contributed by atoms with E-state index in [4.69, 9.17) is 14.2 Å². The molecule has 1 heterocycles. The first kappa shape index (κ1) is 14.2. The summed E-state index contributed by atoms with van der Waals surface area (Å²) < 4.78 is 16.4. The molecular formula is C15H23NO3. The van der Waals surface area contributed by atoms with Crippen molar-refractivity contribution < 1.29 is 14.2 Å². The van der Waals surface area contributed by atoms with E-state index in [9.17, 15) is 0 Å². The van der Waals surface area contributed by atoms with Gasteiger partial charge in [-0.25, -0.2) is 0 Å². The van der Waals surface area contributed by atoms with Crippen molar-refractivity contribution in [3.63, 3.8) is 0 Å². The van der Waals surface area contributed by atoms with Gasteiger partial charge in [0.1, 0.15) is 0 Å². The molecule has 0 spiro atoms. The molecule has 0 saturated carbocycles. The van der Waals surface area contributed by atoms with Gasteiger partial charge < -0.3 is 14.2 Å². The van der Waals surface area contributed by atoms with Gasteiger partial charge in [0.25, 0.3) is 0 Å². The SMILES string of the molecule is COc1ccc(C)cc1OCCCN1CCOCC1. The van der Waals surface area contributed by atoms with Crippen LogP contribution in [0.5, 0.6) is 11.5 Å². The van der Waals surface area contributed by atoms with Crippen LogP contribution in [0.2, 0.25) is 0 Å². The number of morpholine rings is 1. The monoisotopic (exact) mass is 265 g/mol. The number of nitrogens with zero attached hydrogens (tertiary/aromatic N) is 1. The summed E-state index contributed by atoms with van der Waals surface area (Å²) in [7, 11) is 1.67. The summed E-state index contributed by atoms with van der Waals surface area (Å²) >= 11 is 0. The molecule has 4 nitrogen and oxygen atoms in total.